The summed E-state index contributed by atoms with van der Waals surface area (Å²) in [5, 5.41) is 36.1. The van der Waals surface area contributed by atoms with Crippen LogP contribution in [0.15, 0.2) is 0 Å². The molecule has 452 valence electrons. The van der Waals surface area contributed by atoms with Crippen molar-refractivity contribution < 1.29 is 67.7 Å². The van der Waals surface area contributed by atoms with Crippen LogP contribution in [0.5, 0.6) is 0 Å². The molecule has 80 heavy (non-hydrogen) atoms. The number of ketones is 2. The summed E-state index contributed by atoms with van der Waals surface area (Å²) in [6.07, 6.45) is -1.28. The number of hydrogen-bond donors (Lipinski definition) is 8. The minimum Gasteiger partial charge on any atom is -0.481 e. The van der Waals surface area contributed by atoms with E-state index in [9.17, 15) is 67.7 Å². The Kier molecular flexibility index (Phi) is 27.6. The highest BCUT2D eigenvalue weighted by Crippen LogP contribution is 2.24. The summed E-state index contributed by atoms with van der Waals surface area (Å²) in [4.78, 5) is 171. The van der Waals surface area contributed by atoms with E-state index in [1.165, 1.54) is 0 Å². The van der Waals surface area contributed by atoms with Crippen LogP contribution in [0, 0.1) is 47.3 Å². The van der Waals surface area contributed by atoms with Gasteiger partial charge in [-0.15, -0.1) is 0 Å². The molecule has 24 heteroatoms. The van der Waals surface area contributed by atoms with Crippen LogP contribution in [0.1, 0.15) is 134 Å². The van der Waals surface area contributed by atoms with Crippen molar-refractivity contribution in [3.63, 3.8) is 0 Å². The lowest BCUT2D eigenvalue weighted by molar-refractivity contribution is -0.144. The molecule has 6 heterocycles. The molecule has 4 bridgehead atoms. The van der Waals surface area contributed by atoms with Gasteiger partial charge in [0.1, 0.15) is 24.2 Å². The van der Waals surface area contributed by atoms with Crippen molar-refractivity contribution in [2.45, 2.75) is 171 Å². The number of nitrogens with one attached hydrogen (secondary N) is 6. The van der Waals surface area contributed by atoms with Crippen LogP contribution in [0.4, 0.5) is 0 Å². The van der Waals surface area contributed by atoms with Gasteiger partial charge >= 0.3 is 11.9 Å². The summed E-state index contributed by atoms with van der Waals surface area (Å²) in [5.74, 6) is -12.6. The molecule has 6 aliphatic heterocycles. The Morgan fingerprint density at radius 1 is 0.450 bits per heavy atom. The Labute approximate surface area is 472 Å². The standard InChI is InChI=1S/C56H94N10O14/c1-13-35(11)49-53(77)59-41(23-31(3)4)51(75)57-39(27-47(71)72)43(67)25-37(33(7)8)56(80)66-21-17-64(18-22-66)30-46(70)62-50(36(12)14-2)54(78)60-42(24-32(5)6)52(76)58-40(28-48(73)74)44(68)26-38(34(9)10)55(79)65-19-15-63(16-20-65)29-45(69)61-49/h31-42,49-50H,13-30H2,1-12H3,(H,57,75)(H,58,76)(H,59,77)(H,60,78)(H,61,69)(H,62,70)(H,71,72)(H,73,74)/t35-,36-,37-,38-,39-,40-,41-,42-,49-,50-/m0/s1. The van der Waals surface area contributed by atoms with Crippen LogP contribution in [-0.4, -0.2) is 202 Å². The zero-order valence-electron chi connectivity index (χ0n) is 49.4. The van der Waals surface area contributed by atoms with Gasteiger partial charge < -0.3 is 51.9 Å². The second kappa shape index (κ2) is 32.4. The maximum Gasteiger partial charge on any atom is 0.305 e. The van der Waals surface area contributed by atoms with Gasteiger partial charge in [-0.3, -0.25) is 67.3 Å². The number of piperazine rings is 2. The van der Waals surface area contributed by atoms with Gasteiger partial charge in [-0.05, 0) is 48.3 Å². The molecule has 6 rings (SSSR count). The van der Waals surface area contributed by atoms with Crippen LogP contribution in [0.25, 0.3) is 0 Å². The molecule has 0 aliphatic carbocycles. The Morgan fingerprint density at radius 3 is 1.01 bits per heavy atom. The third-order valence-corrected chi connectivity index (χ3v) is 15.7. The Hall–Kier alpha value is -6.04. The third kappa shape index (κ3) is 21.5. The smallest absolute Gasteiger partial charge is 0.305 e. The topological polar surface area (TPSA) is 330 Å². The lowest BCUT2D eigenvalue weighted by Crippen LogP contribution is -2.59. The van der Waals surface area contributed by atoms with E-state index in [1.54, 1.807) is 61.1 Å². The van der Waals surface area contributed by atoms with Gasteiger partial charge in [0, 0.05) is 77.0 Å². The van der Waals surface area contributed by atoms with Crippen LogP contribution in [0.2, 0.25) is 0 Å². The van der Waals surface area contributed by atoms with E-state index in [0.717, 1.165) is 0 Å². The van der Waals surface area contributed by atoms with Crippen molar-refractivity contribution in [2.75, 3.05) is 65.4 Å². The maximum atomic E-state index is 14.2. The molecule has 6 saturated heterocycles. The van der Waals surface area contributed by atoms with E-state index >= 15 is 0 Å². The highest BCUT2D eigenvalue weighted by atomic mass is 16.4. The molecule has 0 unspecified atom stereocenters. The average Bonchev–Trinajstić information content (AvgIpc) is 3.37. The fourth-order valence-corrected chi connectivity index (χ4v) is 10.2. The van der Waals surface area contributed by atoms with E-state index < -0.39 is 156 Å². The van der Waals surface area contributed by atoms with E-state index in [4.69, 9.17) is 0 Å². The Morgan fingerprint density at radius 2 is 0.750 bits per heavy atom. The summed E-state index contributed by atoms with van der Waals surface area (Å²) < 4.78 is 0. The van der Waals surface area contributed by atoms with Crippen LogP contribution in [0.3, 0.4) is 0 Å². The summed E-state index contributed by atoms with van der Waals surface area (Å²) >= 11 is 0. The first kappa shape index (κ1) is 68.2. The summed E-state index contributed by atoms with van der Waals surface area (Å²) in [5.41, 5.74) is 0. The molecule has 0 aromatic heterocycles. The number of aliphatic carboxylic acids is 2. The van der Waals surface area contributed by atoms with E-state index in [0.29, 0.717) is 12.8 Å². The number of carbonyl (C=O) groups excluding carboxylic acids is 10. The average molecular weight is 1130 g/mol. The molecule has 0 aromatic carbocycles. The largest absolute Gasteiger partial charge is 0.481 e. The highest BCUT2D eigenvalue weighted by molar-refractivity contribution is 5.99. The number of amides is 8. The molecule has 8 amide bonds. The van der Waals surface area contributed by atoms with Gasteiger partial charge in [-0.2, -0.15) is 0 Å². The predicted octanol–water partition coefficient (Wildman–Crippen LogP) is 0.794. The van der Waals surface area contributed by atoms with Gasteiger partial charge in [-0.1, -0.05) is 95.9 Å². The first-order valence-corrected chi connectivity index (χ1v) is 28.8. The summed E-state index contributed by atoms with van der Waals surface area (Å²) in [6, 6.07) is -7.81. The monoisotopic (exact) mass is 1130 g/mol. The number of hydrogen-bond acceptors (Lipinski definition) is 14. The van der Waals surface area contributed by atoms with E-state index in [2.05, 4.69) is 31.9 Å². The second-order valence-corrected chi connectivity index (χ2v) is 23.8. The number of carboxylic acids is 2. The van der Waals surface area contributed by atoms with Crippen molar-refractivity contribution in [3.05, 3.63) is 0 Å². The fourth-order valence-electron chi connectivity index (χ4n) is 10.2. The summed E-state index contributed by atoms with van der Waals surface area (Å²) in [6.45, 7) is 22.8. The predicted molar refractivity (Wildman–Crippen MR) is 296 cm³/mol. The molecule has 6 aliphatic rings. The van der Waals surface area contributed by atoms with Crippen molar-refractivity contribution in [3.8, 4) is 0 Å². The number of carbonyl (C=O) groups is 12. The molecule has 6 fully saturated rings. The van der Waals surface area contributed by atoms with Gasteiger partial charge in [0.15, 0.2) is 11.6 Å². The van der Waals surface area contributed by atoms with Crippen molar-refractivity contribution in [2.24, 2.45) is 47.3 Å². The second-order valence-electron chi connectivity index (χ2n) is 23.8. The van der Waals surface area contributed by atoms with Gasteiger partial charge in [0.25, 0.3) is 0 Å². The van der Waals surface area contributed by atoms with Crippen LogP contribution >= 0.6 is 0 Å². The number of rotatable bonds is 14. The number of nitrogens with zero attached hydrogens (tertiary/aromatic N) is 4. The fraction of sp³-hybridized carbons (Fsp3) is 0.786. The molecule has 10 atom stereocenters. The quantitative estimate of drug-likeness (QED) is 0.119. The third-order valence-electron chi connectivity index (χ3n) is 15.7. The van der Waals surface area contributed by atoms with Crippen molar-refractivity contribution in [1.82, 2.24) is 51.5 Å². The van der Waals surface area contributed by atoms with E-state index in [-0.39, 0.29) is 102 Å². The normalized spacial score (nSPS) is 28.6. The molecular weight excluding hydrogens is 1040 g/mol. The number of Topliss-reactive ketones (excluding diaryl/α,β-unsaturated/α-hetero) is 2. The van der Waals surface area contributed by atoms with Gasteiger partial charge in [0.05, 0.1) is 38.0 Å². The van der Waals surface area contributed by atoms with E-state index in [1.807, 2.05) is 41.5 Å². The molecular formula is C56H94N10O14. The highest BCUT2D eigenvalue weighted by Gasteiger charge is 2.40. The minimum atomic E-state index is -1.55. The SMILES string of the molecule is CC[C@H](C)[C@@H]1NC(=O)CN2CCN(CC2)C(=O)[C@H](C(C)C)CC(=O)[C@H](CC(=O)O)NC(=O)[C@H](CC(C)C)NC(=O)[C@H]([C@@H](C)CC)NC(=O)CN2CCN(CC2)C(=O)[C@H](C(C)C)CC(=O)[C@H](CC(=O)O)NC(=O)[C@H](CC(C)C)NC1=O. The Balaban J connectivity index is 2.04. The zero-order valence-corrected chi connectivity index (χ0v) is 49.4. The molecule has 0 saturated carbocycles. The maximum absolute atomic E-state index is 14.2. The first-order chi connectivity index (χ1) is 37.5. The molecule has 8 N–H and O–H groups in total. The van der Waals surface area contributed by atoms with Gasteiger partial charge in [-0.25, -0.2) is 0 Å². The van der Waals surface area contributed by atoms with Crippen molar-refractivity contribution >= 4 is 70.8 Å². The number of carboxylic acid groups (broad SMARTS) is 2. The minimum absolute atomic E-state index is 0.0917. The molecule has 0 radical (unpaired) electrons. The first-order valence-electron chi connectivity index (χ1n) is 28.8. The van der Waals surface area contributed by atoms with Gasteiger partial charge in [0.2, 0.25) is 47.3 Å². The summed E-state index contributed by atoms with van der Waals surface area (Å²) in [7, 11) is 0. The zero-order chi connectivity index (χ0) is 60.3. The molecule has 0 spiro atoms. The van der Waals surface area contributed by atoms with Crippen LogP contribution in [-0.2, 0) is 57.5 Å². The molecule has 24 nitrogen and oxygen atoms in total. The lowest BCUT2D eigenvalue weighted by Gasteiger charge is -2.37. The van der Waals surface area contributed by atoms with Crippen molar-refractivity contribution in [1.29, 1.82) is 0 Å². The Bertz CT molecular complexity index is 2040. The lowest BCUT2D eigenvalue weighted by atomic mass is 9.86. The van der Waals surface area contributed by atoms with Crippen LogP contribution < -0.4 is 31.9 Å². The molecule has 0 aromatic rings.